The van der Waals surface area contributed by atoms with Crippen LogP contribution in [0.25, 0.3) is 11.1 Å². The third-order valence-corrected chi connectivity index (χ3v) is 7.95. The van der Waals surface area contributed by atoms with Crippen molar-refractivity contribution in [3.05, 3.63) is 47.4 Å². The number of hydrogen-bond acceptors (Lipinski definition) is 5. The molecule has 5 heterocycles. The molecule has 6 rings (SSSR count). The minimum Gasteiger partial charge on any atom is -0.379 e. The molecule has 3 aliphatic heterocycles. The molecule has 0 N–H and O–H groups in total. The monoisotopic (exact) mass is 474 g/mol. The number of benzene rings is 1. The summed E-state index contributed by atoms with van der Waals surface area (Å²) in [5.41, 5.74) is 7.42. The maximum atomic E-state index is 12.3. The fourth-order valence-electron chi connectivity index (χ4n) is 5.90. The Morgan fingerprint density at radius 3 is 2.86 bits per heavy atom. The van der Waals surface area contributed by atoms with Crippen LogP contribution in [0.5, 0.6) is 0 Å². The Morgan fingerprint density at radius 2 is 2.14 bits per heavy atom. The number of anilines is 2. The topological polar surface area (TPSA) is 68.4 Å². The second kappa shape index (κ2) is 8.82. The Labute approximate surface area is 206 Å². The maximum Gasteiger partial charge on any atom is 0.219 e. The SMILES string of the molecule is CC[C@H]1Cc2cc(-c3cnn(C)c3)ccc2N(c2nn([C@H]3CCOC3)c3c2CN(C(C)=O)CC3)C1. The lowest BCUT2D eigenvalue weighted by atomic mass is 9.88. The van der Waals surface area contributed by atoms with Gasteiger partial charge in [-0.2, -0.15) is 10.2 Å². The molecule has 3 aromatic rings. The third kappa shape index (κ3) is 3.93. The molecule has 0 unspecified atom stereocenters. The lowest BCUT2D eigenvalue weighted by molar-refractivity contribution is -0.129. The molecule has 1 saturated heterocycles. The van der Waals surface area contributed by atoms with E-state index in [0.717, 1.165) is 56.8 Å². The fourth-order valence-corrected chi connectivity index (χ4v) is 5.90. The van der Waals surface area contributed by atoms with Crippen molar-refractivity contribution in [1.82, 2.24) is 24.5 Å². The van der Waals surface area contributed by atoms with E-state index in [4.69, 9.17) is 9.84 Å². The minimum absolute atomic E-state index is 0.130. The van der Waals surface area contributed by atoms with Gasteiger partial charge in [-0.3, -0.25) is 14.2 Å². The van der Waals surface area contributed by atoms with Crippen LogP contribution >= 0.6 is 0 Å². The quantitative estimate of drug-likeness (QED) is 0.574. The maximum absolute atomic E-state index is 12.3. The smallest absolute Gasteiger partial charge is 0.219 e. The first-order valence-corrected chi connectivity index (χ1v) is 12.8. The molecule has 0 radical (unpaired) electrons. The predicted octanol–water partition coefficient (Wildman–Crippen LogP) is 3.87. The van der Waals surface area contributed by atoms with Crippen molar-refractivity contribution < 1.29 is 9.53 Å². The second-order valence-corrected chi connectivity index (χ2v) is 10.2. The van der Waals surface area contributed by atoms with Crippen molar-refractivity contribution in [3.63, 3.8) is 0 Å². The van der Waals surface area contributed by atoms with Crippen molar-refractivity contribution in [2.75, 3.05) is 31.2 Å². The van der Waals surface area contributed by atoms with E-state index in [1.54, 1.807) is 6.92 Å². The van der Waals surface area contributed by atoms with E-state index in [0.29, 0.717) is 19.1 Å². The number of ether oxygens (including phenoxy) is 1. The lowest BCUT2D eigenvalue weighted by Gasteiger charge is -2.36. The van der Waals surface area contributed by atoms with E-state index >= 15 is 0 Å². The average molecular weight is 475 g/mol. The molecule has 35 heavy (non-hydrogen) atoms. The van der Waals surface area contributed by atoms with Crippen LogP contribution in [0.3, 0.4) is 0 Å². The van der Waals surface area contributed by atoms with Crippen LogP contribution in [0.2, 0.25) is 0 Å². The van der Waals surface area contributed by atoms with Gasteiger partial charge in [-0.15, -0.1) is 0 Å². The van der Waals surface area contributed by atoms with Crippen molar-refractivity contribution in [2.24, 2.45) is 13.0 Å². The zero-order chi connectivity index (χ0) is 24.1. The molecule has 2 aromatic heterocycles. The molecule has 0 aliphatic carbocycles. The number of carbonyl (C=O) groups is 1. The van der Waals surface area contributed by atoms with Crippen molar-refractivity contribution in [2.45, 2.75) is 52.1 Å². The summed E-state index contributed by atoms with van der Waals surface area (Å²) in [7, 11) is 1.95. The first-order chi connectivity index (χ1) is 17.0. The standard InChI is InChI=1S/C27H34N6O2/c1-4-19-11-21-12-20(22-13-28-30(3)15-22)5-6-25(21)32(14-19)27-24-16-31(18(2)34)9-7-26(24)33(29-27)23-8-10-35-17-23/h5-6,12-13,15,19,23H,4,7-11,14,16-17H2,1-3H3/t19-,23-/m0/s1. The van der Waals surface area contributed by atoms with Crippen LogP contribution in [-0.4, -0.2) is 56.7 Å². The minimum atomic E-state index is 0.130. The highest BCUT2D eigenvalue weighted by Gasteiger charge is 2.35. The van der Waals surface area contributed by atoms with Gasteiger partial charge in [-0.25, -0.2) is 0 Å². The van der Waals surface area contributed by atoms with Crippen LogP contribution in [0.1, 0.15) is 49.6 Å². The zero-order valence-corrected chi connectivity index (χ0v) is 20.9. The van der Waals surface area contributed by atoms with Gasteiger partial charge >= 0.3 is 0 Å². The number of rotatable bonds is 4. The average Bonchev–Trinajstić information content (AvgIpc) is 3.62. The number of aromatic nitrogens is 4. The zero-order valence-electron chi connectivity index (χ0n) is 20.9. The van der Waals surface area contributed by atoms with E-state index in [1.165, 1.54) is 28.1 Å². The van der Waals surface area contributed by atoms with Crippen molar-refractivity contribution in [3.8, 4) is 11.1 Å². The van der Waals surface area contributed by atoms with Crippen LogP contribution in [0.15, 0.2) is 30.6 Å². The number of hydrogen-bond donors (Lipinski definition) is 0. The van der Waals surface area contributed by atoms with Crippen LogP contribution < -0.4 is 4.90 Å². The Kier molecular flexibility index (Phi) is 5.63. The number of aryl methyl sites for hydroxylation is 1. The van der Waals surface area contributed by atoms with E-state index in [-0.39, 0.29) is 11.9 Å². The predicted molar refractivity (Wildman–Crippen MR) is 135 cm³/mol. The van der Waals surface area contributed by atoms with E-state index in [1.807, 2.05) is 22.8 Å². The molecule has 3 aliphatic rings. The van der Waals surface area contributed by atoms with Gasteiger partial charge < -0.3 is 14.5 Å². The molecule has 8 nitrogen and oxygen atoms in total. The number of amides is 1. The van der Waals surface area contributed by atoms with Crippen LogP contribution in [0, 0.1) is 5.92 Å². The molecule has 2 atom stereocenters. The summed E-state index contributed by atoms with van der Waals surface area (Å²) >= 11 is 0. The summed E-state index contributed by atoms with van der Waals surface area (Å²) in [6.07, 6.45) is 8.01. The molecule has 184 valence electrons. The summed E-state index contributed by atoms with van der Waals surface area (Å²) in [4.78, 5) is 16.7. The van der Waals surface area contributed by atoms with Crippen LogP contribution in [-0.2, 0) is 36.0 Å². The summed E-state index contributed by atoms with van der Waals surface area (Å²) in [6.45, 7) is 7.78. The third-order valence-electron chi connectivity index (χ3n) is 7.95. The molecular weight excluding hydrogens is 440 g/mol. The summed E-state index contributed by atoms with van der Waals surface area (Å²) < 4.78 is 9.80. The largest absolute Gasteiger partial charge is 0.379 e. The van der Waals surface area contributed by atoms with E-state index in [9.17, 15) is 4.79 Å². The van der Waals surface area contributed by atoms with Gasteiger partial charge in [-0.1, -0.05) is 19.4 Å². The molecule has 1 fully saturated rings. The first kappa shape index (κ1) is 22.3. The van der Waals surface area contributed by atoms with Gasteiger partial charge in [0.25, 0.3) is 0 Å². The second-order valence-electron chi connectivity index (χ2n) is 10.2. The van der Waals surface area contributed by atoms with Gasteiger partial charge in [0.2, 0.25) is 5.91 Å². The summed E-state index contributed by atoms with van der Waals surface area (Å²) in [6, 6.07) is 7.06. The van der Waals surface area contributed by atoms with Gasteiger partial charge in [0.05, 0.1) is 25.4 Å². The molecule has 0 spiro atoms. The van der Waals surface area contributed by atoms with Gasteiger partial charge in [0, 0.05) is 68.8 Å². The Bertz CT molecular complexity index is 1250. The lowest BCUT2D eigenvalue weighted by Crippen LogP contribution is -2.36. The highest BCUT2D eigenvalue weighted by molar-refractivity contribution is 5.76. The number of nitrogens with zero attached hydrogens (tertiary/aromatic N) is 6. The molecule has 1 amide bonds. The molecular formula is C27H34N6O2. The van der Waals surface area contributed by atoms with E-state index < -0.39 is 0 Å². The van der Waals surface area contributed by atoms with Crippen LogP contribution in [0.4, 0.5) is 11.5 Å². The molecule has 1 aromatic carbocycles. The number of carbonyl (C=O) groups excluding carboxylic acids is 1. The molecule has 0 bridgehead atoms. The van der Waals surface area contributed by atoms with Gasteiger partial charge in [-0.05, 0) is 42.0 Å². The summed E-state index contributed by atoms with van der Waals surface area (Å²) in [5.74, 6) is 1.70. The molecule has 0 saturated carbocycles. The van der Waals surface area contributed by atoms with Crippen molar-refractivity contribution >= 4 is 17.4 Å². The van der Waals surface area contributed by atoms with E-state index in [2.05, 4.69) is 46.0 Å². The summed E-state index contributed by atoms with van der Waals surface area (Å²) in [5, 5.41) is 9.61. The number of fused-ring (bicyclic) bond motifs is 2. The first-order valence-electron chi connectivity index (χ1n) is 12.8. The molecule has 8 heteroatoms. The fraction of sp³-hybridized carbons (Fsp3) is 0.519. The highest BCUT2D eigenvalue weighted by Crippen LogP contribution is 2.42. The van der Waals surface area contributed by atoms with Gasteiger partial charge in [0.15, 0.2) is 5.82 Å². The Balaban J connectivity index is 1.45. The highest BCUT2D eigenvalue weighted by atomic mass is 16.5. The Hall–Kier alpha value is -3.13. The van der Waals surface area contributed by atoms with Gasteiger partial charge in [0.1, 0.15) is 0 Å². The van der Waals surface area contributed by atoms with Crippen molar-refractivity contribution in [1.29, 1.82) is 0 Å². The Morgan fingerprint density at radius 1 is 1.26 bits per heavy atom. The normalized spacial score (nSPS) is 21.8.